The zero-order valence-corrected chi connectivity index (χ0v) is 10.4. The Kier molecular flexibility index (Phi) is 5.20. The molecule has 0 spiro atoms. The zero-order chi connectivity index (χ0) is 12.7. The maximum absolute atomic E-state index is 11.7. The number of nitrogens with one attached hydrogen (secondary N) is 2. The molecule has 2 N–H and O–H groups in total. The number of hydrogen-bond acceptors (Lipinski definition) is 3. The average Bonchev–Trinajstić information content (AvgIpc) is 2.33. The molecule has 1 aromatic heterocycles. The maximum atomic E-state index is 11.7. The smallest absolute Gasteiger partial charge is 0.253 e. The number of rotatable bonds is 6. The molecule has 0 atom stereocenters. The van der Waals surface area contributed by atoms with E-state index >= 15 is 0 Å². The fraction of sp³-hybridized carbons (Fsp3) is 0.385. The van der Waals surface area contributed by atoms with Crippen LogP contribution < -0.4 is 10.6 Å². The predicted molar refractivity (Wildman–Crippen MR) is 70.1 cm³/mol. The Labute approximate surface area is 102 Å². The van der Waals surface area contributed by atoms with Crippen LogP contribution in [-0.4, -0.2) is 24.0 Å². The van der Waals surface area contributed by atoms with Gasteiger partial charge in [-0.2, -0.15) is 0 Å². The van der Waals surface area contributed by atoms with Crippen LogP contribution in [-0.2, 0) is 0 Å². The number of carbonyl (C=O) groups excluding carboxylic acids is 1. The van der Waals surface area contributed by atoms with E-state index in [1.165, 1.54) is 0 Å². The molecule has 0 aliphatic rings. The van der Waals surface area contributed by atoms with Gasteiger partial charge in [0.25, 0.3) is 5.91 Å². The van der Waals surface area contributed by atoms with Gasteiger partial charge in [-0.3, -0.25) is 9.78 Å². The molecule has 17 heavy (non-hydrogen) atoms. The molecule has 4 heteroatoms. The predicted octanol–water partition coefficient (Wildman–Crippen LogP) is 2.07. The van der Waals surface area contributed by atoms with Crippen molar-refractivity contribution in [3.05, 3.63) is 36.7 Å². The van der Waals surface area contributed by atoms with Gasteiger partial charge in [0.15, 0.2) is 0 Å². The number of hydrogen-bond donors (Lipinski definition) is 2. The fourth-order valence-electron chi connectivity index (χ4n) is 1.25. The minimum absolute atomic E-state index is 0.134. The van der Waals surface area contributed by atoms with E-state index in [4.69, 9.17) is 0 Å². The van der Waals surface area contributed by atoms with Crippen LogP contribution in [0.15, 0.2) is 31.1 Å². The number of carbonyl (C=O) groups is 1. The van der Waals surface area contributed by atoms with E-state index in [0.717, 1.165) is 12.2 Å². The van der Waals surface area contributed by atoms with Gasteiger partial charge in [-0.05, 0) is 12.0 Å². The summed E-state index contributed by atoms with van der Waals surface area (Å²) in [5.74, 6) is 0.416. The third-order valence-corrected chi connectivity index (χ3v) is 2.12. The number of anilines is 1. The Morgan fingerprint density at radius 2 is 2.29 bits per heavy atom. The first-order valence-corrected chi connectivity index (χ1v) is 5.71. The first-order chi connectivity index (χ1) is 8.13. The van der Waals surface area contributed by atoms with Gasteiger partial charge in [0.2, 0.25) is 0 Å². The Morgan fingerprint density at radius 3 is 2.94 bits per heavy atom. The molecule has 0 fully saturated rings. The number of aromatic nitrogens is 1. The third-order valence-electron chi connectivity index (χ3n) is 2.12. The van der Waals surface area contributed by atoms with E-state index in [0.29, 0.717) is 18.0 Å². The number of nitrogens with zero attached hydrogens (tertiary/aromatic N) is 1. The molecule has 0 unspecified atom stereocenters. The highest BCUT2D eigenvalue weighted by Gasteiger charge is 2.05. The van der Waals surface area contributed by atoms with Crippen LogP contribution in [0.4, 0.5) is 5.69 Å². The summed E-state index contributed by atoms with van der Waals surface area (Å²) in [5, 5.41) is 5.95. The summed E-state index contributed by atoms with van der Waals surface area (Å²) in [5.41, 5.74) is 1.42. The van der Waals surface area contributed by atoms with Gasteiger partial charge in [-0.1, -0.05) is 19.9 Å². The lowest BCUT2D eigenvalue weighted by Crippen LogP contribution is -2.23. The molecular weight excluding hydrogens is 214 g/mol. The van der Waals surface area contributed by atoms with Gasteiger partial charge >= 0.3 is 0 Å². The SMILES string of the molecule is C=CCNC(=O)c1cncc(NCC(C)C)c1. The molecule has 1 rings (SSSR count). The normalized spacial score (nSPS) is 10.1. The average molecular weight is 233 g/mol. The molecule has 0 saturated heterocycles. The Bertz CT molecular complexity index is 388. The molecular formula is C13H19N3O. The standard InChI is InChI=1S/C13H19N3O/c1-4-5-15-13(17)11-6-12(9-14-8-11)16-7-10(2)3/h4,6,8-10,16H,1,5,7H2,2-3H3,(H,15,17). The molecule has 1 amide bonds. The van der Waals surface area contributed by atoms with E-state index < -0.39 is 0 Å². The molecule has 92 valence electrons. The maximum Gasteiger partial charge on any atom is 0.253 e. The fourth-order valence-corrected chi connectivity index (χ4v) is 1.25. The van der Waals surface area contributed by atoms with Crippen LogP contribution in [0, 0.1) is 5.92 Å². The largest absolute Gasteiger partial charge is 0.384 e. The van der Waals surface area contributed by atoms with Crippen molar-refractivity contribution in [3.8, 4) is 0 Å². The van der Waals surface area contributed by atoms with E-state index in [1.54, 1.807) is 24.5 Å². The summed E-state index contributed by atoms with van der Waals surface area (Å²) in [6, 6.07) is 1.80. The second-order valence-electron chi connectivity index (χ2n) is 4.24. The lowest BCUT2D eigenvalue weighted by atomic mass is 10.2. The molecule has 4 nitrogen and oxygen atoms in total. The van der Waals surface area contributed by atoms with Crippen LogP contribution in [0.25, 0.3) is 0 Å². The van der Waals surface area contributed by atoms with Gasteiger partial charge < -0.3 is 10.6 Å². The second-order valence-corrected chi connectivity index (χ2v) is 4.24. The molecule has 0 radical (unpaired) electrons. The van der Waals surface area contributed by atoms with Crippen LogP contribution >= 0.6 is 0 Å². The van der Waals surface area contributed by atoms with Crippen molar-refractivity contribution < 1.29 is 4.79 Å². The van der Waals surface area contributed by atoms with Crippen molar-refractivity contribution in [1.29, 1.82) is 0 Å². The van der Waals surface area contributed by atoms with Gasteiger partial charge in [-0.15, -0.1) is 6.58 Å². The first kappa shape index (κ1) is 13.2. The van der Waals surface area contributed by atoms with Crippen molar-refractivity contribution >= 4 is 11.6 Å². The van der Waals surface area contributed by atoms with Gasteiger partial charge in [0.05, 0.1) is 11.3 Å². The van der Waals surface area contributed by atoms with Crippen molar-refractivity contribution in [2.24, 2.45) is 5.92 Å². The second kappa shape index (κ2) is 6.68. The Hall–Kier alpha value is -1.84. The monoisotopic (exact) mass is 233 g/mol. The number of amides is 1. The summed E-state index contributed by atoms with van der Waals surface area (Å²) < 4.78 is 0. The number of pyridine rings is 1. The minimum atomic E-state index is -0.134. The van der Waals surface area contributed by atoms with Crippen molar-refractivity contribution in [2.75, 3.05) is 18.4 Å². The van der Waals surface area contributed by atoms with Crippen LogP contribution in [0.1, 0.15) is 24.2 Å². The zero-order valence-electron chi connectivity index (χ0n) is 10.4. The van der Waals surface area contributed by atoms with Gasteiger partial charge in [0, 0.05) is 25.5 Å². The highest BCUT2D eigenvalue weighted by molar-refractivity contribution is 5.94. The van der Waals surface area contributed by atoms with Crippen LogP contribution in [0.5, 0.6) is 0 Å². The Balaban J connectivity index is 2.64. The molecule has 0 aliphatic carbocycles. The lowest BCUT2D eigenvalue weighted by Gasteiger charge is -2.09. The molecule has 1 heterocycles. The first-order valence-electron chi connectivity index (χ1n) is 5.71. The van der Waals surface area contributed by atoms with Crippen molar-refractivity contribution in [1.82, 2.24) is 10.3 Å². The molecule has 1 aromatic rings. The quantitative estimate of drug-likeness (QED) is 0.739. The lowest BCUT2D eigenvalue weighted by molar-refractivity contribution is 0.0957. The van der Waals surface area contributed by atoms with E-state index in [9.17, 15) is 4.79 Å². The summed E-state index contributed by atoms with van der Waals surface area (Å²) in [6.07, 6.45) is 4.91. The molecule has 0 aromatic carbocycles. The van der Waals surface area contributed by atoms with Crippen LogP contribution in [0.2, 0.25) is 0 Å². The van der Waals surface area contributed by atoms with Gasteiger partial charge in [0.1, 0.15) is 0 Å². The summed E-state index contributed by atoms with van der Waals surface area (Å²) in [7, 11) is 0. The minimum Gasteiger partial charge on any atom is -0.384 e. The molecule has 0 aliphatic heterocycles. The van der Waals surface area contributed by atoms with Crippen LogP contribution in [0.3, 0.4) is 0 Å². The summed E-state index contributed by atoms with van der Waals surface area (Å²) in [6.45, 7) is 9.12. The highest BCUT2D eigenvalue weighted by Crippen LogP contribution is 2.09. The van der Waals surface area contributed by atoms with Gasteiger partial charge in [-0.25, -0.2) is 0 Å². The third kappa shape index (κ3) is 4.68. The van der Waals surface area contributed by atoms with E-state index in [-0.39, 0.29) is 5.91 Å². The topological polar surface area (TPSA) is 54.0 Å². The van der Waals surface area contributed by atoms with Crippen molar-refractivity contribution in [3.63, 3.8) is 0 Å². The summed E-state index contributed by atoms with van der Waals surface area (Å²) in [4.78, 5) is 15.7. The highest BCUT2D eigenvalue weighted by atomic mass is 16.1. The Morgan fingerprint density at radius 1 is 1.53 bits per heavy atom. The summed E-state index contributed by atoms with van der Waals surface area (Å²) >= 11 is 0. The van der Waals surface area contributed by atoms with E-state index in [1.807, 2.05) is 0 Å². The van der Waals surface area contributed by atoms with E-state index in [2.05, 4.69) is 36.0 Å². The van der Waals surface area contributed by atoms with Crippen molar-refractivity contribution in [2.45, 2.75) is 13.8 Å². The molecule has 0 saturated carbocycles. The molecule has 0 bridgehead atoms.